The molecule has 1 amide bonds. The first-order chi connectivity index (χ1) is 16.0. The molecular weight excluding hydrogens is 460 g/mol. The number of hydrogen-bond acceptors (Lipinski definition) is 6. The number of Topliss-reactive ketones (excluding diaryl/α,β-unsaturated/α-hetero) is 1. The highest BCUT2D eigenvalue weighted by Crippen LogP contribution is 2.29. The van der Waals surface area contributed by atoms with Gasteiger partial charge in [0.1, 0.15) is 11.9 Å². The lowest BCUT2D eigenvalue weighted by Crippen LogP contribution is -2.46. The number of nitrogens with one attached hydrogen (secondary N) is 1. The van der Waals surface area contributed by atoms with E-state index in [4.69, 9.17) is 16.3 Å². The minimum absolute atomic E-state index is 0.0672. The van der Waals surface area contributed by atoms with E-state index in [9.17, 15) is 14.7 Å². The van der Waals surface area contributed by atoms with Crippen molar-refractivity contribution in [2.45, 2.75) is 57.1 Å². The molecule has 3 rings (SSSR count). The summed E-state index contributed by atoms with van der Waals surface area (Å²) in [5, 5.41) is 13.9. The molecule has 0 saturated carbocycles. The van der Waals surface area contributed by atoms with Gasteiger partial charge in [0.05, 0.1) is 17.5 Å². The van der Waals surface area contributed by atoms with E-state index < -0.39 is 6.10 Å². The average Bonchev–Trinajstić information content (AvgIpc) is 3.49. The Morgan fingerprint density at radius 2 is 1.79 bits per heavy atom. The van der Waals surface area contributed by atoms with E-state index in [0.717, 1.165) is 49.4 Å². The molecule has 0 unspecified atom stereocenters. The van der Waals surface area contributed by atoms with Crippen molar-refractivity contribution >= 4 is 34.6 Å². The van der Waals surface area contributed by atoms with Gasteiger partial charge in [-0.3, -0.25) is 9.59 Å². The summed E-state index contributed by atoms with van der Waals surface area (Å²) in [6.07, 6.45) is 4.61. The number of ether oxygens (including phenoxy) is 1. The van der Waals surface area contributed by atoms with Crippen molar-refractivity contribution in [1.82, 2.24) is 10.2 Å². The lowest BCUT2D eigenvalue weighted by molar-refractivity contribution is -0.123. The van der Waals surface area contributed by atoms with Crippen LogP contribution >= 0.6 is 22.9 Å². The maximum Gasteiger partial charge on any atom is 0.220 e. The molecule has 2 N–H and O–H groups in total. The second-order valence-electron chi connectivity index (χ2n) is 8.48. The van der Waals surface area contributed by atoms with Gasteiger partial charge in [0.25, 0.3) is 0 Å². The number of aliphatic hydroxyl groups is 1. The van der Waals surface area contributed by atoms with E-state index in [1.54, 1.807) is 37.4 Å². The molecule has 1 aliphatic rings. The first-order valence-corrected chi connectivity index (χ1v) is 12.8. The van der Waals surface area contributed by atoms with Gasteiger partial charge in [-0.05, 0) is 75.2 Å². The van der Waals surface area contributed by atoms with E-state index in [-0.39, 0.29) is 17.7 Å². The molecule has 0 aliphatic carbocycles. The fraction of sp³-hybridized carbons (Fsp3) is 0.520. The van der Waals surface area contributed by atoms with Gasteiger partial charge in [0, 0.05) is 29.8 Å². The van der Waals surface area contributed by atoms with Crippen LogP contribution in [0, 0.1) is 0 Å². The Bertz CT molecular complexity index is 896. The zero-order valence-electron chi connectivity index (χ0n) is 19.1. The Labute approximate surface area is 204 Å². The van der Waals surface area contributed by atoms with E-state index in [2.05, 4.69) is 10.2 Å². The number of halogens is 1. The lowest BCUT2D eigenvalue weighted by atomic mass is 10.0. The average molecular weight is 493 g/mol. The summed E-state index contributed by atoms with van der Waals surface area (Å²) in [5.41, 5.74) is 0.681. The molecular formula is C25H33ClN2O4S. The van der Waals surface area contributed by atoms with Crippen molar-refractivity contribution in [2.24, 2.45) is 0 Å². The molecule has 8 heteroatoms. The zero-order valence-corrected chi connectivity index (χ0v) is 20.7. The summed E-state index contributed by atoms with van der Waals surface area (Å²) in [6.45, 7) is 2.61. The van der Waals surface area contributed by atoms with Gasteiger partial charge in [-0.25, -0.2) is 0 Å². The molecule has 2 heterocycles. The number of unbranched alkanes of at least 4 members (excludes halogenated alkanes) is 2. The van der Waals surface area contributed by atoms with Crippen LogP contribution in [0.25, 0.3) is 0 Å². The van der Waals surface area contributed by atoms with Gasteiger partial charge >= 0.3 is 0 Å². The number of nitrogens with zero attached hydrogens (tertiary/aromatic N) is 1. The molecule has 1 aromatic carbocycles. The highest BCUT2D eigenvalue weighted by molar-refractivity contribution is 7.16. The molecule has 0 bridgehead atoms. The summed E-state index contributed by atoms with van der Waals surface area (Å²) in [5.74, 6) is 0.765. The van der Waals surface area contributed by atoms with E-state index in [1.807, 2.05) is 6.07 Å². The van der Waals surface area contributed by atoms with Crippen molar-refractivity contribution in [3.05, 3.63) is 51.2 Å². The van der Waals surface area contributed by atoms with Crippen LogP contribution in [0.5, 0.6) is 5.75 Å². The molecule has 1 saturated heterocycles. The third-order valence-electron chi connectivity index (χ3n) is 5.99. The molecule has 2 atom stereocenters. The van der Waals surface area contributed by atoms with Crippen molar-refractivity contribution in [1.29, 1.82) is 0 Å². The number of thiophene rings is 1. The smallest absolute Gasteiger partial charge is 0.220 e. The quantitative estimate of drug-likeness (QED) is 0.308. The topological polar surface area (TPSA) is 78.9 Å². The zero-order chi connectivity index (χ0) is 23.6. The number of carbonyl (C=O) groups excluding carboxylic acids is 2. The Morgan fingerprint density at radius 3 is 2.42 bits per heavy atom. The predicted octanol–water partition coefficient (Wildman–Crippen LogP) is 4.86. The largest absolute Gasteiger partial charge is 0.497 e. The number of aliphatic hydroxyl groups excluding tert-OH is 1. The van der Waals surface area contributed by atoms with Crippen LogP contribution in [-0.2, 0) is 4.79 Å². The second-order valence-corrected chi connectivity index (χ2v) is 10.2. The van der Waals surface area contributed by atoms with Crippen molar-refractivity contribution in [3.8, 4) is 5.75 Å². The summed E-state index contributed by atoms with van der Waals surface area (Å²) < 4.78 is 5.74. The number of amides is 1. The fourth-order valence-electron chi connectivity index (χ4n) is 4.10. The standard InChI is InChI=1S/C25H33ClN2O4S/c1-32-19-11-9-18(10-12-19)21(29)7-3-2-4-8-24(30)27-20(17-28-15-5-6-16-28)25(31)22-13-14-23(26)33-22/h9-14,20,25,31H,2-8,15-17H2,1H3,(H,27,30)/t20-,25+/m1/s1. The SMILES string of the molecule is COc1ccc(C(=O)CCCCCC(=O)N[C@H](CN2CCCC2)[C@H](O)c2ccc(Cl)s2)cc1. The number of likely N-dealkylation sites (tertiary alicyclic amines) is 1. The van der Waals surface area contributed by atoms with Gasteiger partial charge in [0.15, 0.2) is 5.78 Å². The maximum atomic E-state index is 12.6. The van der Waals surface area contributed by atoms with Crippen molar-refractivity contribution in [3.63, 3.8) is 0 Å². The van der Waals surface area contributed by atoms with Crippen LogP contribution in [-0.4, -0.2) is 54.5 Å². The summed E-state index contributed by atoms with van der Waals surface area (Å²) in [7, 11) is 1.60. The maximum absolute atomic E-state index is 12.6. The fourth-order valence-corrected chi connectivity index (χ4v) is 5.21. The summed E-state index contributed by atoms with van der Waals surface area (Å²) in [6, 6.07) is 10.3. The molecule has 0 spiro atoms. The van der Waals surface area contributed by atoms with E-state index in [1.165, 1.54) is 11.3 Å². The van der Waals surface area contributed by atoms with Gasteiger partial charge in [0.2, 0.25) is 5.91 Å². The van der Waals surface area contributed by atoms with Crippen molar-refractivity contribution in [2.75, 3.05) is 26.7 Å². The highest BCUT2D eigenvalue weighted by Gasteiger charge is 2.27. The third-order valence-corrected chi connectivity index (χ3v) is 7.29. The molecule has 2 aromatic rings. The van der Waals surface area contributed by atoms with Crippen LogP contribution in [0.3, 0.4) is 0 Å². The highest BCUT2D eigenvalue weighted by atomic mass is 35.5. The van der Waals surface area contributed by atoms with E-state index in [0.29, 0.717) is 35.7 Å². The molecule has 6 nitrogen and oxygen atoms in total. The summed E-state index contributed by atoms with van der Waals surface area (Å²) in [4.78, 5) is 28.0. The number of hydrogen-bond donors (Lipinski definition) is 2. The normalized spacial score (nSPS) is 15.8. The molecule has 33 heavy (non-hydrogen) atoms. The molecule has 1 fully saturated rings. The Morgan fingerprint density at radius 1 is 1.09 bits per heavy atom. The van der Waals surface area contributed by atoms with Crippen LogP contribution in [0.4, 0.5) is 0 Å². The van der Waals surface area contributed by atoms with Gasteiger partial charge in [-0.1, -0.05) is 18.0 Å². The Hall–Kier alpha value is -1.93. The van der Waals surface area contributed by atoms with Crippen molar-refractivity contribution < 1.29 is 19.4 Å². The Balaban J connectivity index is 1.41. The molecule has 1 aromatic heterocycles. The molecule has 180 valence electrons. The van der Waals surface area contributed by atoms with Crippen LogP contribution in [0.15, 0.2) is 36.4 Å². The van der Waals surface area contributed by atoms with Gasteiger partial charge in [-0.2, -0.15) is 0 Å². The number of ketones is 1. The predicted molar refractivity (Wildman–Crippen MR) is 132 cm³/mol. The molecule has 1 aliphatic heterocycles. The first kappa shape index (κ1) is 25.7. The number of rotatable bonds is 13. The minimum atomic E-state index is -0.783. The lowest BCUT2D eigenvalue weighted by Gasteiger charge is -2.28. The summed E-state index contributed by atoms with van der Waals surface area (Å²) >= 11 is 7.38. The monoisotopic (exact) mass is 492 g/mol. The van der Waals surface area contributed by atoms with Crippen LogP contribution in [0.2, 0.25) is 4.34 Å². The number of benzene rings is 1. The Kier molecular flexibility index (Phi) is 10.2. The third kappa shape index (κ3) is 8.10. The van der Waals surface area contributed by atoms with Crippen LogP contribution in [0.1, 0.15) is 66.3 Å². The van der Waals surface area contributed by atoms with E-state index >= 15 is 0 Å². The second kappa shape index (κ2) is 13.1. The van der Waals surface area contributed by atoms with Gasteiger partial charge < -0.3 is 20.1 Å². The van der Waals surface area contributed by atoms with Crippen LogP contribution < -0.4 is 10.1 Å². The van der Waals surface area contributed by atoms with Gasteiger partial charge in [-0.15, -0.1) is 11.3 Å². The molecule has 0 radical (unpaired) electrons. The number of methoxy groups -OCH3 is 1. The minimum Gasteiger partial charge on any atom is -0.497 e. The first-order valence-electron chi connectivity index (χ1n) is 11.6. The number of carbonyl (C=O) groups is 2.